The molecule has 1 atom stereocenters. The molecule has 1 unspecified atom stereocenters. The van der Waals surface area contributed by atoms with Crippen LogP contribution in [-0.4, -0.2) is 11.1 Å². The van der Waals surface area contributed by atoms with E-state index in [1.807, 2.05) is 0 Å². The maximum absolute atomic E-state index is 14.5. The van der Waals surface area contributed by atoms with Crippen LogP contribution in [0.4, 0.5) is 4.39 Å². The number of carboxylic acids is 1. The van der Waals surface area contributed by atoms with E-state index < -0.39 is 17.6 Å². The van der Waals surface area contributed by atoms with Gasteiger partial charge in [-0.25, -0.2) is 4.39 Å². The molecule has 0 aliphatic heterocycles. The molecule has 1 aromatic carbocycles. The molecule has 2 rings (SSSR count). The average molecular weight is 236 g/mol. The standard InChI is InChI=1S/C14H17FO2/c1-10(13(16)17)11-5-4-6-12(9-11)14(15)7-2-3-8-14/h4-6,9-10H,2-3,7-8H2,1H3,(H,16,17). The van der Waals surface area contributed by atoms with Crippen molar-refractivity contribution in [3.8, 4) is 0 Å². The maximum Gasteiger partial charge on any atom is 0.310 e. The van der Waals surface area contributed by atoms with Crippen LogP contribution >= 0.6 is 0 Å². The van der Waals surface area contributed by atoms with Crippen molar-refractivity contribution < 1.29 is 14.3 Å². The molecule has 0 spiro atoms. The molecule has 0 heterocycles. The lowest BCUT2D eigenvalue weighted by atomic mass is 9.90. The fraction of sp³-hybridized carbons (Fsp3) is 0.500. The van der Waals surface area contributed by atoms with Crippen LogP contribution in [-0.2, 0) is 10.5 Å². The Kier molecular flexibility index (Phi) is 3.18. The molecule has 0 aromatic heterocycles. The smallest absolute Gasteiger partial charge is 0.310 e. The minimum atomic E-state index is -1.24. The minimum Gasteiger partial charge on any atom is -0.481 e. The molecule has 2 nitrogen and oxygen atoms in total. The normalized spacial score (nSPS) is 20.1. The number of hydrogen-bond donors (Lipinski definition) is 1. The molecule has 1 saturated carbocycles. The third-order valence-corrected chi connectivity index (χ3v) is 3.67. The highest BCUT2D eigenvalue weighted by atomic mass is 19.1. The summed E-state index contributed by atoms with van der Waals surface area (Å²) >= 11 is 0. The summed E-state index contributed by atoms with van der Waals surface area (Å²) in [4.78, 5) is 10.9. The molecule has 0 bridgehead atoms. The van der Waals surface area contributed by atoms with E-state index in [1.54, 1.807) is 31.2 Å². The molecular weight excluding hydrogens is 219 g/mol. The van der Waals surface area contributed by atoms with Crippen LogP contribution in [0.2, 0.25) is 0 Å². The summed E-state index contributed by atoms with van der Waals surface area (Å²) in [7, 11) is 0. The fourth-order valence-electron chi connectivity index (χ4n) is 2.45. The monoisotopic (exact) mass is 236 g/mol. The summed E-state index contributed by atoms with van der Waals surface area (Å²) in [5.74, 6) is -1.46. The first-order chi connectivity index (χ1) is 8.03. The third-order valence-electron chi connectivity index (χ3n) is 3.67. The molecule has 1 aliphatic rings. The Morgan fingerprint density at radius 2 is 2.06 bits per heavy atom. The van der Waals surface area contributed by atoms with Crippen molar-refractivity contribution in [1.29, 1.82) is 0 Å². The molecule has 0 radical (unpaired) electrons. The van der Waals surface area contributed by atoms with Gasteiger partial charge in [-0.15, -0.1) is 0 Å². The second-order valence-electron chi connectivity index (χ2n) is 4.86. The number of carbonyl (C=O) groups is 1. The zero-order chi connectivity index (χ0) is 12.5. The highest BCUT2D eigenvalue weighted by Crippen LogP contribution is 2.42. The number of carboxylic acid groups (broad SMARTS) is 1. The van der Waals surface area contributed by atoms with E-state index >= 15 is 0 Å². The molecule has 0 saturated heterocycles. The van der Waals surface area contributed by atoms with Gasteiger partial charge in [-0.2, -0.15) is 0 Å². The fourth-order valence-corrected chi connectivity index (χ4v) is 2.45. The predicted octanol–water partition coefficient (Wildman–Crippen LogP) is 3.61. The Morgan fingerprint density at radius 1 is 1.41 bits per heavy atom. The summed E-state index contributed by atoms with van der Waals surface area (Å²) in [6, 6.07) is 6.98. The van der Waals surface area contributed by atoms with Gasteiger partial charge in [-0.05, 0) is 43.7 Å². The van der Waals surface area contributed by atoms with Gasteiger partial charge in [-0.1, -0.05) is 24.3 Å². The molecule has 3 heteroatoms. The molecule has 1 aromatic rings. The number of alkyl halides is 1. The molecule has 0 amide bonds. The van der Waals surface area contributed by atoms with Crippen LogP contribution < -0.4 is 0 Å². The van der Waals surface area contributed by atoms with Crippen LogP contribution in [0.3, 0.4) is 0 Å². The van der Waals surface area contributed by atoms with Crippen molar-refractivity contribution in [2.45, 2.75) is 44.2 Å². The van der Waals surface area contributed by atoms with Crippen LogP contribution in [0.25, 0.3) is 0 Å². The van der Waals surface area contributed by atoms with Crippen molar-refractivity contribution in [3.63, 3.8) is 0 Å². The molecule has 1 N–H and O–H groups in total. The highest BCUT2D eigenvalue weighted by molar-refractivity contribution is 5.75. The number of halogens is 1. The topological polar surface area (TPSA) is 37.3 Å². The first-order valence-corrected chi connectivity index (χ1v) is 6.05. The van der Waals surface area contributed by atoms with Gasteiger partial charge in [0.15, 0.2) is 0 Å². The van der Waals surface area contributed by atoms with Gasteiger partial charge in [0.2, 0.25) is 0 Å². The van der Waals surface area contributed by atoms with E-state index in [4.69, 9.17) is 5.11 Å². The van der Waals surface area contributed by atoms with Crippen LogP contribution in [0.5, 0.6) is 0 Å². The Labute approximate surface area is 100 Å². The van der Waals surface area contributed by atoms with Crippen molar-refractivity contribution in [2.24, 2.45) is 0 Å². The number of hydrogen-bond acceptors (Lipinski definition) is 1. The van der Waals surface area contributed by atoms with Gasteiger partial charge in [0.25, 0.3) is 0 Å². The summed E-state index contributed by atoms with van der Waals surface area (Å²) in [5, 5.41) is 8.96. The SMILES string of the molecule is CC(C(=O)O)c1cccc(C2(F)CCCC2)c1. The molecule has 1 aliphatic carbocycles. The van der Waals surface area contributed by atoms with E-state index in [2.05, 4.69) is 0 Å². The zero-order valence-corrected chi connectivity index (χ0v) is 9.95. The lowest BCUT2D eigenvalue weighted by molar-refractivity contribution is -0.138. The quantitative estimate of drug-likeness (QED) is 0.870. The maximum atomic E-state index is 14.5. The second-order valence-corrected chi connectivity index (χ2v) is 4.86. The number of aliphatic carboxylic acids is 1. The van der Waals surface area contributed by atoms with Gasteiger partial charge in [0.1, 0.15) is 5.67 Å². The Morgan fingerprint density at radius 3 is 2.65 bits per heavy atom. The first-order valence-electron chi connectivity index (χ1n) is 6.05. The van der Waals surface area contributed by atoms with Gasteiger partial charge >= 0.3 is 5.97 Å². The van der Waals surface area contributed by atoms with Crippen molar-refractivity contribution in [3.05, 3.63) is 35.4 Å². The molecule has 1 fully saturated rings. The number of benzene rings is 1. The largest absolute Gasteiger partial charge is 0.481 e. The molecular formula is C14H17FO2. The van der Waals surface area contributed by atoms with E-state index in [0.29, 0.717) is 24.0 Å². The minimum absolute atomic E-state index is 0.553. The summed E-state index contributed by atoms with van der Waals surface area (Å²) in [5.41, 5.74) is 0.0772. The summed E-state index contributed by atoms with van der Waals surface area (Å²) < 4.78 is 14.5. The average Bonchev–Trinajstić information content (AvgIpc) is 2.76. The Balaban J connectivity index is 2.31. The van der Waals surface area contributed by atoms with Gasteiger partial charge in [-0.3, -0.25) is 4.79 Å². The lowest BCUT2D eigenvalue weighted by Gasteiger charge is -2.20. The first kappa shape index (κ1) is 12.1. The van der Waals surface area contributed by atoms with Crippen LogP contribution in [0.15, 0.2) is 24.3 Å². The lowest BCUT2D eigenvalue weighted by Crippen LogP contribution is -2.16. The zero-order valence-electron chi connectivity index (χ0n) is 9.95. The van der Waals surface area contributed by atoms with Gasteiger partial charge in [0, 0.05) is 0 Å². The van der Waals surface area contributed by atoms with Crippen molar-refractivity contribution in [1.82, 2.24) is 0 Å². The van der Waals surface area contributed by atoms with E-state index in [1.165, 1.54) is 0 Å². The van der Waals surface area contributed by atoms with Gasteiger partial charge in [0.05, 0.1) is 5.92 Å². The summed E-state index contributed by atoms with van der Waals surface area (Å²) in [6.07, 6.45) is 2.93. The molecule has 17 heavy (non-hydrogen) atoms. The van der Waals surface area contributed by atoms with Crippen LogP contribution in [0.1, 0.15) is 49.7 Å². The van der Waals surface area contributed by atoms with Gasteiger partial charge < -0.3 is 5.11 Å². The van der Waals surface area contributed by atoms with E-state index in [0.717, 1.165) is 12.8 Å². The summed E-state index contributed by atoms with van der Waals surface area (Å²) in [6.45, 7) is 1.63. The van der Waals surface area contributed by atoms with Crippen molar-refractivity contribution >= 4 is 5.97 Å². The van der Waals surface area contributed by atoms with E-state index in [9.17, 15) is 9.18 Å². The van der Waals surface area contributed by atoms with E-state index in [-0.39, 0.29) is 0 Å². The van der Waals surface area contributed by atoms with Crippen molar-refractivity contribution in [2.75, 3.05) is 0 Å². The number of rotatable bonds is 3. The predicted molar refractivity (Wildman–Crippen MR) is 63.7 cm³/mol. The van der Waals surface area contributed by atoms with Crippen LogP contribution in [0, 0.1) is 0 Å². The third kappa shape index (κ3) is 2.33. The Hall–Kier alpha value is -1.38. The second kappa shape index (κ2) is 4.47. The molecule has 92 valence electrons. The Bertz CT molecular complexity index is 422. The highest BCUT2D eigenvalue weighted by Gasteiger charge is 2.35.